The van der Waals surface area contributed by atoms with E-state index in [4.69, 9.17) is 0 Å². The molecule has 13 rings (SSSR count). The van der Waals surface area contributed by atoms with Gasteiger partial charge in [-0.3, -0.25) is 0 Å². The second-order valence-corrected chi connectivity index (χ2v) is 17.0. The molecule has 0 bridgehead atoms. The topological polar surface area (TPSA) is 3.24 Å². The maximum absolute atomic E-state index is 10.1. The molecule has 0 saturated carbocycles. The molecule has 0 unspecified atom stereocenters. The number of benzene rings is 12. The Morgan fingerprint density at radius 3 is 1.44 bits per heavy atom. The van der Waals surface area contributed by atoms with E-state index in [-0.39, 0.29) is 22.5 Å². The summed E-state index contributed by atoms with van der Waals surface area (Å²) in [6.07, 6.45) is 0. The van der Waals surface area contributed by atoms with Gasteiger partial charge in [0, 0.05) is 17.1 Å². The minimum atomic E-state index is -0.973. The predicted octanol–water partition coefficient (Wildman–Crippen LogP) is 18.0. The molecule has 0 saturated heterocycles. The minimum absolute atomic E-state index is 0.0166. The van der Waals surface area contributed by atoms with Crippen LogP contribution in [0.3, 0.4) is 0 Å². The molecular formula is C67H45N. The Bertz CT molecular complexity index is 4450. The molecule has 68 heavy (non-hydrogen) atoms. The summed E-state index contributed by atoms with van der Waals surface area (Å²) < 4.78 is 117. The SMILES string of the molecule is [2H]c1c([2H])c(-c2cccc3ccccc23)c([2H])c([2H])c1-c1c([2H])c([2H])c(N(c2ccc3c(c2)C(c2ccccc2)(c2ccccc2)c2ccccc2-3)c2c([2H])c([2H])c(-c3cc4ccccc4c4ccccc34)c([2H])c2[2H])c([2H])c1[2H]. The summed E-state index contributed by atoms with van der Waals surface area (Å²) in [4.78, 5) is 1.29. The van der Waals surface area contributed by atoms with E-state index in [0.29, 0.717) is 21.9 Å². The third-order valence-electron chi connectivity index (χ3n) is 13.3. The molecule has 0 atom stereocenters. The second kappa shape index (κ2) is 16.3. The first-order valence-electron chi connectivity index (χ1n) is 28.6. The zero-order valence-corrected chi connectivity index (χ0v) is 36.5. The van der Waals surface area contributed by atoms with Gasteiger partial charge in [-0.1, -0.05) is 230 Å². The fourth-order valence-corrected chi connectivity index (χ4v) is 10.3. The van der Waals surface area contributed by atoms with Crippen LogP contribution in [0.1, 0.15) is 38.7 Å². The van der Waals surface area contributed by atoms with Crippen molar-refractivity contribution in [2.75, 3.05) is 4.90 Å². The Morgan fingerprint density at radius 1 is 0.279 bits per heavy atom. The first kappa shape index (κ1) is 29.0. The molecule has 0 aliphatic heterocycles. The van der Waals surface area contributed by atoms with Gasteiger partial charge in [0.15, 0.2) is 0 Å². The van der Waals surface area contributed by atoms with E-state index in [0.717, 1.165) is 54.9 Å². The quantitative estimate of drug-likeness (QED) is 0.138. The van der Waals surface area contributed by atoms with Crippen LogP contribution in [0.5, 0.6) is 0 Å². The summed E-state index contributed by atoms with van der Waals surface area (Å²) in [7, 11) is 0. The maximum atomic E-state index is 10.1. The van der Waals surface area contributed by atoms with Gasteiger partial charge in [-0.15, -0.1) is 0 Å². The van der Waals surface area contributed by atoms with E-state index in [2.05, 4.69) is 36.4 Å². The zero-order valence-electron chi connectivity index (χ0n) is 48.5. The lowest BCUT2D eigenvalue weighted by Crippen LogP contribution is -2.28. The number of hydrogen-bond donors (Lipinski definition) is 0. The average Bonchev–Trinajstić information content (AvgIpc) is 3.52. The lowest BCUT2D eigenvalue weighted by Gasteiger charge is -2.35. The molecule has 1 aliphatic rings. The van der Waals surface area contributed by atoms with Gasteiger partial charge in [0.2, 0.25) is 0 Å². The van der Waals surface area contributed by atoms with Crippen LogP contribution in [0.25, 0.3) is 76.8 Å². The first-order valence-corrected chi connectivity index (χ1v) is 22.6. The molecule has 0 spiro atoms. The normalized spacial score (nSPS) is 15.0. The van der Waals surface area contributed by atoms with Crippen LogP contribution in [-0.4, -0.2) is 0 Å². The minimum Gasteiger partial charge on any atom is -0.310 e. The molecule has 0 fully saturated rings. The van der Waals surface area contributed by atoms with Crippen LogP contribution in [0.2, 0.25) is 0 Å². The molecule has 12 aromatic carbocycles. The van der Waals surface area contributed by atoms with Gasteiger partial charge in [-0.2, -0.15) is 0 Å². The smallest absolute Gasteiger partial charge is 0.0714 e. The van der Waals surface area contributed by atoms with E-state index in [9.17, 15) is 16.4 Å². The van der Waals surface area contributed by atoms with Gasteiger partial charge in [0.25, 0.3) is 0 Å². The number of hydrogen-bond acceptors (Lipinski definition) is 1. The molecule has 0 aromatic heterocycles. The number of rotatable bonds is 8. The summed E-state index contributed by atoms with van der Waals surface area (Å²) in [6, 6.07) is 57.1. The number of anilines is 3. The van der Waals surface area contributed by atoms with Crippen molar-refractivity contribution in [3.8, 4) is 44.5 Å². The highest BCUT2D eigenvalue weighted by Gasteiger charge is 2.46. The molecule has 0 radical (unpaired) electrons. The van der Waals surface area contributed by atoms with Crippen molar-refractivity contribution in [2.45, 2.75) is 5.41 Å². The Hall–Kier alpha value is -8.78. The molecule has 1 nitrogen and oxygen atoms in total. The van der Waals surface area contributed by atoms with E-state index in [1.54, 1.807) is 18.2 Å². The summed E-state index contributed by atoms with van der Waals surface area (Å²) in [5.41, 5.74) is 3.97. The summed E-state index contributed by atoms with van der Waals surface area (Å²) in [5, 5.41) is 4.87. The molecule has 0 amide bonds. The van der Waals surface area contributed by atoms with Crippen LogP contribution >= 0.6 is 0 Å². The lowest BCUT2D eigenvalue weighted by atomic mass is 9.67. The summed E-state index contributed by atoms with van der Waals surface area (Å²) in [5.74, 6) is 0. The van der Waals surface area contributed by atoms with Gasteiger partial charge in [-0.05, 0) is 141 Å². The summed E-state index contributed by atoms with van der Waals surface area (Å²) in [6.45, 7) is 0. The molecule has 318 valence electrons. The second-order valence-electron chi connectivity index (χ2n) is 17.0. The number of nitrogens with zero attached hydrogens (tertiary/aromatic N) is 1. The lowest BCUT2D eigenvalue weighted by molar-refractivity contribution is 0.768. The highest BCUT2D eigenvalue weighted by atomic mass is 15.1. The van der Waals surface area contributed by atoms with Crippen molar-refractivity contribution < 1.29 is 16.4 Å². The largest absolute Gasteiger partial charge is 0.310 e. The third kappa shape index (κ3) is 6.39. The molecule has 0 N–H and O–H groups in total. The highest BCUT2D eigenvalue weighted by Crippen LogP contribution is 2.57. The van der Waals surface area contributed by atoms with E-state index in [1.807, 2.05) is 146 Å². The fourth-order valence-electron chi connectivity index (χ4n) is 10.3. The van der Waals surface area contributed by atoms with Crippen molar-refractivity contribution in [3.05, 3.63) is 295 Å². The van der Waals surface area contributed by atoms with Gasteiger partial charge < -0.3 is 4.90 Å². The van der Waals surface area contributed by atoms with Gasteiger partial charge >= 0.3 is 0 Å². The van der Waals surface area contributed by atoms with E-state index >= 15 is 0 Å². The van der Waals surface area contributed by atoms with E-state index < -0.39 is 94.7 Å². The monoisotopic (exact) mass is 875 g/mol. The van der Waals surface area contributed by atoms with Crippen molar-refractivity contribution in [1.29, 1.82) is 0 Å². The van der Waals surface area contributed by atoms with Gasteiger partial charge in [0.05, 0.1) is 21.9 Å². The third-order valence-corrected chi connectivity index (χ3v) is 13.3. The Kier molecular flexibility index (Phi) is 6.94. The van der Waals surface area contributed by atoms with Gasteiger partial charge in [0.1, 0.15) is 0 Å². The van der Waals surface area contributed by atoms with Gasteiger partial charge in [-0.25, -0.2) is 0 Å². The van der Waals surface area contributed by atoms with Crippen LogP contribution < -0.4 is 4.90 Å². The molecular weight excluding hydrogens is 819 g/mol. The first-order chi connectivity index (χ1) is 38.7. The van der Waals surface area contributed by atoms with Crippen LogP contribution in [-0.2, 0) is 5.41 Å². The standard InChI is InChI=1S/C67H45N/c1-3-19-52(20-4-1)67(53-21-5-2-6-22-53)65-29-14-13-27-62(65)63-43-42-56(45-66(63)67)68(55-40-36-50(37-41-55)64-44-51-17-8-10-24-59(51)60-25-11-12-26-61(60)64)54-38-34-47(35-39-54)46-30-32-49(33-31-46)58-28-15-18-48-16-7-9-23-57(48)58/h1-45H/i30D,31D,32D,33D,34D,35D,36D,37D,38D,39D,40D,41D. The predicted molar refractivity (Wildman–Crippen MR) is 287 cm³/mol. The molecule has 1 heteroatoms. The van der Waals surface area contributed by atoms with Crippen LogP contribution in [0.15, 0.2) is 273 Å². The average molecular weight is 876 g/mol. The Balaban J connectivity index is 1.10. The number of fused-ring (bicyclic) bond motifs is 7. The molecule has 1 aliphatic carbocycles. The van der Waals surface area contributed by atoms with Crippen molar-refractivity contribution in [1.82, 2.24) is 0 Å². The van der Waals surface area contributed by atoms with E-state index in [1.165, 1.54) is 4.90 Å². The zero-order chi connectivity index (χ0) is 55.5. The van der Waals surface area contributed by atoms with Crippen molar-refractivity contribution >= 4 is 49.4 Å². The Labute approximate surface area is 414 Å². The Morgan fingerprint density at radius 2 is 0.750 bits per heavy atom. The maximum Gasteiger partial charge on any atom is 0.0714 e. The van der Waals surface area contributed by atoms with Crippen molar-refractivity contribution in [2.24, 2.45) is 0 Å². The highest BCUT2D eigenvalue weighted by molar-refractivity contribution is 6.13. The summed E-state index contributed by atoms with van der Waals surface area (Å²) >= 11 is 0. The van der Waals surface area contributed by atoms with Crippen molar-refractivity contribution in [3.63, 3.8) is 0 Å². The molecule has 12 aromatic rings. The van der Waals surface area contributed by atoms with Crippen LogP contribution in [0.4, 0.5) is 17.1 Å². The van der Waals surface area contributed by atoms with Crippen LogP contribution in [0, 0.1) is 0 Å². The molecule has 0 heterocycles. The fraction of sp³-hybridized carbons (Fsp3) is 0.0149.